The van der Waals surface area contributed by atoms with Crippen molar-refractivity contribution in [2.24, 2.45) is 0 Å². The minimum atomic E-state index is -3.54. The Bertz CT molecular complexity index is 922. The summed E-state index contributed by atoms with van der Waals surface area (Å²) in [5.41, 5.74) is 0.190. The Hall–Kier alpha value is -2.65. The van der Waals surface area contributed by atoms with E-state index < -0.39 is 48.0 Å². The van der Waals surface area contributed by atoms with E-state index in [2.05, 4.69) is 5.32 Å². The summed E-state index contributed by atoms with van der Waals surface area (Å²) >= 11 is 0. The van der Waals surface area contributed by atoms with Gasteiger partial charge in [0.15, 0.2) is 23.0 Å². The van der Waals surface area contributed by atoms with Crippen molar-refractivity contribution in [3.05, 3.63) is 35.4 Å². The number of phenols is 6. The van der Waals surface area contributed by atoms with Gasteiger partial charge in [0.1, 0.15) is 0 Å². The van der Waals surface area contributed by atoms with Crippen LogP contribution in [0.2, 0.25) is 0 Å². The SMILES string of the molecule is CC(C)OP(=O)(CNCC(c1ccc(O)c(O)c1O)c1ccc(O)c(O)c1O)OC(C)C. The van der Waals surface area contributed by atoms with Crippen LogP contribution in [0.25, 0.3) is 0 Å². The van der Waals surface area contributed by atoms with Gasteiger partial charge in [0.2, 0.25) is 11.5 Å². The highest BCUT2D eigenvalue weighted by molar-refractivity contribution is 7.53. The second-order valence-electron chi connectivity index (χ2n) is 7.83. The molecule has 0 atom stereocenters. The predicted octanol–water partition coefficient (Wildman–Crippen LogP) is 3.64. The first-order valence-corrected chi connectivity index (χ1v) is 11.7. The van der Waals surface area contributed by atoms with Crippen molar-refractivity contribution in [2.45, 2.75) is 45.8 Å². The maximum Gasteiger partial charge on any atom is 0.344 e. The quantitative estimate of drug-likeness (QED) is 0.201. The van der Waals surface area contributed by atoms with Gasteiger partial charge in [-0.2, -0.15) is 0 Å². The van der Waals surface area contributed by atoms with Gasteiger partial charge in [-0.1, -0.05) is 12.1 Å². The monoisotopic (exact) mass is 471 g/mol. The molecule has 0 fully saturated rings. The average molecular weight is 471 g/mol. The zero-order valence-electron chi connectivity index (χ0n) is 18.3. The molecule has 2 aromatic carbocycles. The smallest absolute Gasteiger partial charge is 0.344 e. The van der Waals surface area contributed by atoms with E-state index >= 15 is 0 Å². The molecule has 0 unspecified atom stereocenters. The minimum absolute atomic E-state index is 0.0531. The van der Waals surface area contributed by atoms with E-state index in [9.17, 15) is 35.2 Å². The number of phenolic OH excluding ortho intramolecular Hbond substituents is 6. The summed E-state index contributed by atoms with van der Waals surface area (Å²) in [6.45, 7) is 6.81. The number of hydrogen-bond acceptors (Lipinski definition) is 10. The van der Waals surface area contributed by atoms with Crippen LogP contribution in [0.5, 0.6) is 34.5 Å². The highest BCUT2D eigenvalue weighted by atomic mass is 31.2. The first-order valence-electron chi connectivity index (χ1n) is 10.0. The van der Waals surface area contributed by atoms with Crippen molar-refractivity contribution in [1.82, 2.24) is 5.32 Å². The van der Waals surface area contributed by atoms with Crippen molar-refractivity contribution in [1.29, 1.82) is 0 Å². The Labute approximate surface area is 186 Å². The zero-order chi connectivity index (χ0) is 24.2. The van der Waals surface area contributed by atoms with Gasteiger partial charge in [-0.3, -0.25) is 4.57 Å². The lowest BCUT2D eigenvalue weighted by molar-refractivity contribution is 0.141. The summed E-state index contributed by atoms with van der Waals surface area (Å²) in [5.74, 6) is -4.78. The van der Waals surface area contributed by atoms with E-state index in [-0.39, 0.29) is 36.2 Å². The normalized spacial score (nSPS) is 12.2. The van der Waals surface area contributed by atoms with Gasteiger partial charge < -0.3 is 45.0 Å². The molecule has 0 aromatic heterocycles. The second-order valence-corrected chi connectivity index (χ2v) is 9.79. The number of aromatic hydroxyl groups is 6. The van der Waals surface area contributed by atoms with Gasteiger partial charge in [-0.05, 0) is 39.8 Å². The Balaban J connectivity index is 2.42. The second kappa shape index (κ2) is 10.3. The van der Waals surface area contributed by atoms with E-state index in [1.165, 1.54) is 12.1 Å². The minimum Gasteiger partial charge on any atom is -0.504 e. The molecule has 0 saturated carbocycles. The Kier molecular flexibility index (Phi) is 8.25. The molecule has 178 valence electrons. The van der Waals surface area contributed by atoms with Crippen molar-refractivity contribution in [3.8, 4) is 34.5 Å². The molecule has 0 aliphatic heterocycles. The Morgan fingerprint density at radius 3 is 1.53 bits per heavy atom. The maximum atomic E-state index is 13.1. The van der Waals surface area contributed by atoms with Crippen molar-refractivity contribution < 1.29 is 44.3 Å². The summed E-state index contributed by atoms with van der Waals surface area (Å²) in [5, 5.41) is 62.9. The van der Waals surface area contributed by atoms with E-state index in [0.29, 0.717) is 0 Å². The number of rotatable bonds is 10. The third kappa shape index (κ3) is 5.98. The van der Waals surface area contributed by atoms with Crippen molar-refractivity contribution in [3.63, 3.8) is 0 Å². The molecule has 0 aliphatic carbocycles. The number of nitrogens with one attached hydrogen (secondary N) is 1. The molecule has 7 N–H and O–H groups in total. The fraction of sp³-hybridized carbons (Fsp3) is 0.429. The molecule has 0 aliphatic rings. The van der Waals surface area contributed by atoms with Gasteiger partial charge in [-0.15, -0.1) is 0 Å². The molecule has 10 nitrogen and oxygen atoms in total. The molecule has 2 aromatic rings. The highest BCUT2D eigenvalue weighted by Crippen LogP contribution is 2.50. The molecule has 0 amide bonds. The van der Waals surface area contributed by atoms with Gasteiger partial charge in [0, 0.05) is 23.6 Å². The fourth-order valence-electron chi connectivity index (χ4n) is 3.21. The van der Waals surface area contributed by atoms with Gasteiger partial charge >= 0.3 is 7.60 Å². The topological polar surface area (TPSA) is 169 Å². The summed E-state index contributed by atoms with van der Waals surface area (Å²) in [4.78, 5) is 0. The van der Waals surface area contributed by atoms with E-state index in [0.717, 1.165) is 12.1 Å². The van der Waals surface area contributed by atoms with Crippen LogP contribution in [0.15, 0.2) is 24.3 Å². The standard InChI is InChI=1S/C21H30NO9P/c1-11(2)30-32(29,31-12(3)4)10-22-9-15(13-5-7-16(23)20(27)18(13)25)14-6-8-17(24)21(28)19(14)26/h5-8,11-12,15,22-28H,9-10H2,1-4H3. The van der Waals surface area contributed by atoms with Crippen molar-refractivity contribution >= 4 is 7.60 Å². The van der Waals surface area contributed by atoms with Gasteiger partial charge in [-0.25, -0.2) is 0 Å². The predicted molar refractivity (Wildman–Crippen MR) is 118 cm³/mol. The molecular formula is C21H30NO9P. The molecule has 0 radical (unpaired) electrons. The third-order valence-electron chi connectivity index (χ3n) is 4.47. The third-order valence-corrected chi connectivity index (χ3v) is 6.57. The maximum absolute atomic E-state index is 13.1. The molecule has 2 rings (SSSR count). The largest absolute Gasteiger partial charge is 0.504 e. The van der Waals surface area contributed by atoms with E-state index in [4.69, 9.17) is 9.05 Å². The Morgan fingerprint density at radius 2 is 1.16 bits per heavy atom. The van der Waals surface area contributed by atoms with Crippen molar-refractivity contribution in [2.75, 3.05) is 12.8 Å². The first-order chi connectivity index (χ1) is 14.9. The lowest BCUT2D eigenvalue weighted by Crippen LogP contribution is -2.26. The van der Waals surface area contributed by atoms with E-state index in [1.54, 1.807) is 27.7 Å². The highest BCUT2D eigenvalue weighted by Gasteiger charge is 2.30. The van der Waals surface area contributed by atoms with Crippen LogP contribution >= 0.6 is 7.60 Å². The molecule has 0 spiro atoms. The summed E-state index contributed by atoms with van der Waals surface area (Å²) < 4.78 is 24.0. The van der Waals surface area contributed by atoms with Crippen LogP contribution in [0.3, 0.4) is 0 Å². The molecule has 0 heterocycles. The van der Waals surface area contributed by atoms with Crippen LogP contribution < -0.4 is 5.32 Å². The van der Waals surface area contributed by atoms with Crippen LogP contribution in [0.4, 0.5) is 0 Å². The molecule has 0 bridgehead atoms. The lowest BCUT2D eigenvalue weighted by Gasteiger charge is -2.25. The lowest BCUT2D eigenvalue weighted by atomic mass is 9.89. The Morgan fingerprint density at radius 1 is 0.750 bits per heavy atom. The van der Waals surface area contributed by atoms with Crippen LogP contribution in [0.1, 0.15) is 44.7 Å². The molecular weight excluding hydrogens is 441 g/mol. The summed E-state index contributed by atoms with van der Waals surface area (Å²) in [6.07, 6.45) is -0.933. The fourth-order valence-corrected chi connectivity index (χ4v) is 5.09. The number of benzene rings is 2. The van der Waals surface area contributed by atoms with E-state index in [1.807, 2.05) is 0 Å². The number of hydrogen-bond donors (Lipinski definition) is 7. The average Bonchev–Trinajstić information content (AvgIpc) is 2.68. The van der Waals surface area contributed by atoms with Gasteiger partial charge in [0.25, 0.3) is 0 Å². The van der Waals surface area contributed by atoms with Gasteiger partial charge in [0.05, 0.1) is 18.5 Å². The first kappa shape index (κ1) is 25.6. The summed E-state index contributed by atoms with van der Waals surface area (Å²) in [6, 6.07) is 4.97. The molecule has 11 heteroatoms. The summed E-state index contributed by atoms with van der Waals surface area (Å²) in [7, 11) is -3.54. The molecule has 32 heavy (non-hydrogen) atoms. The molecule has 0 saturated heterocycles. The van der Waals surface area contributed by atoms with Crippen LogP contribution in [-0.4, -0.2) is 55.7 Å². The van der Waals surface area contributed by atoms with Crippen LogP contribution in [0, 0.1) is 0 Å². The van der Waals surface area contributed by atoms with Crippen LogP contribution in [-0.2, 0) is 13.6 Å². The zero-order valence-corrected chi connectivity index (χ0v) is 19.2.